The molecule has 1 aliphatic heterocycles. The maximum Gasteiger partial charge on any atom is 0.237 e. The van der Waals surface area contributed by atoms with Gasteiger partial charge in [-0.15, -0.1) is 0 Å². The highest BCUT2D eigenvalue weighted by molar-refractivity contribution is 6.76. The Balaban J connectivity index is 1.50. The molecule has 2 aromatic heterocycles. The maximum atomic E-state index is 13.2. The van der Waals surface area contributed by atoms with Crippen LogP contribution in [0.5, 0.6) is 0 Å². The first kappa shape index (κ1) is 24.3. The molecule has 8 heteroatoms. The van der Waals surface area contributed by atoms with Crippen molar-refractivity contribution in [1.82, 2.24) is 14.8 Å². The van der Waals surface area contributed by atoms with Crippen molar-refractivity contribution in [1.29, 1.82) is 0 Å². The number of carbonyl (C=O) groups excluding carboxylic acids is 1. The zero-order chi connectivity index (χ0) is 25.0. The average Bonchev–Trinajstić information content (AvgIpc) is 3.37. The highest BCUT2D eigenvalue weighted by Gasteiger charge is 2.44. The van der Waals surface area contributed by atoms with E-state index in [0.717, 1.165) is 60.1 Å². The Morgan fingerprint density at radius 3 is 2.77 bits per heavy atom. The highest BCUT2D eigenvalue weighted by Crippen LogP contribution is 2.46. The van der Waals surface area contributed by atoms with Gasteiger partial charge in [-0.1, -0.05) is 19.6 Å². The van der Waals surface area contributed by atoms with E-state index in [2.05, 4.69) is 43.0 Å². The van der Waals surface area contributed by atoms with Crippen LogP contribution in [0.2, 0.25) is 25.7 Å². The molecule has 5 rings (SSSR count). The molecule has 0 saturated carbocycles. The van der Waals surface area contributed by atoms with Crippen LogP contribution in [-0.2, 0) is 34.5 Å². The average molecular weight is 495 g/mol. The fraction of sp³-hybridized carbons (Fsp3) is 0.556. The SMILES string of the molecule is CC1(C)C(=O)N(CCCO)c2cc3c4c([nH]c3cc21)-c1nn(COCC[Si](C)(C)C)cc1CCC4. The van der Waals surface area contributed by atoms with Crippen molar-refractivity contribution < 1.29 is 14.6 Å². The van der Waals surface area contributed by atoms with E-state index in [1.807, 2.05) is 23.4 Å². The van der Waals surface area contributed by atoms with Gasteiger partial charge in [0.2, 0.25) is 5.91 Å². The summed E-state index contributed by atoms with van der Waals surface area (Å²) in [6.45, 7) is 13.0. The van der Waals surface area contributed by atoms with Gasteiger partial charge >= 0.3 is 0 Å². The van der Waals surface area contributed by atoms with Gasteiger partial charge in [-0.25, -0.2) is 4.68 Å². The Morgan fingerprint density at radius 1 is 1.23 bits per heavy atom. The van der Waals surface area contributed by atoms with Crippen LogP contribution in [0, 0.1) is 0 Å². The topological polar surface area (TPSA) is 83.4 Å². The molecule has 0 bridgehead atoms. The van der Waals surface area contributed by atoms with E-state index >= 15 is 0 Å². The van der Waals surface area contributed by atoms with Crippen LogP contribution >= 0.6 is 0 Å². The van der Waals surface area contributed by atoms with Gasteiger partial charge in [0.25, 0.3) is 0 Å². The largest absolute Gasteiger partial charge is 0.396 e. The molecule has 35 heavy (non-hydrogen) atoms. The smallest absolute Gasteiger partial charge is 0.237 e. The summed E-state index contributed by atoms with van der Waals surface area (Å²) in [7, 11) is -1.11. The second kappa shape index (κ2) is 8.91. The highest BCUT2D eigenvalue weighted by atomic mass is 28.3. The van der Waals surface area contributed by atoms with Crippen molar-refractivity contribution in [3.8, 4) is 11.4 Å². The normalized spacial score (nSPS) is 17.0. The fourth-order valence-electron chi connectivity index (χ4n) is 5.40. The van der Waals surface area contributed by atoms with Gasteiger partial charge in [0.15, 0.2) is 0 Å². The molecule has 3 aromatic rings. The molecule has 0 spiro atoms. The predicted octanol–water partition coefficient (Wildman–Crippen LogP) is 4.84. The number of aromatic nitrogens is 3. The van der Waals surface area contributed by atoms with Gasteiger partial charge in [-0.05, 0) is 74.4 Å². The van der Waals surface area contributed by atoms with Crippen LogP contribution < -0.4 is 4.90 Å². The number of aliphatic hydroxyl groups excluding tert-OH is 1. The monoisotopic (exact) mass is 494 g/mol. The standard InChI is InChI=1S/C27H38N4O3Si/c1-27(2)21-15-22-20(14-23(21)31(26(27)33)10-7-11-32)19-9-6-8-18-16-30(29-24(18)25(19)28-22)17-34-12-13-35(3,4)5/h14-16,28,32H,6-13,17H2,1-5H3. The summed E-state index contributed by atoms with van der Waals surface area (Å²) in [6.07, 6.45) is 5.75. The molecular formula is C27H38N4O3Si. The third-order valence-electron chi connectivity index (χ3n) is 7.47. The molecule has 3 heterocycles. The van der Waals surface area contributed by atoms with E-state index in [-0.39, 0.29) is 12.5 Å². The van der Waals surface area contributed by atoms with Crippen molar-refractivity contribution in [2.45, 2.75) is 77.4 Å². The van der Waals surface area contributed by atoms with Gasteiger partial charge in [0.1, 0.15) is 12.4 Å². The second-order valence-corrected chi connectivity index (χ2v) is 17.4. The second-order valence-electron chi connectivity index (χ2n) is 11.8. The number of nitrogens with one attached hydrogen (secondary N) is 1. The zero-order valence-corrected chi connectivity index (χ0v) is 22.7. The van der Waals surface area contributed by atoms with E-state index in [4.69, 9.17) is 9.84 Å². The minimum Gasteiger partial charge on any atom is -0.396 e. The number of fused-ring (bicyclic) bond motifs is 6. The van der Waals surface area contributed by atoms with E-state index < -0.39 is 13.5 Å². The molecule has 188 valence electrons. The molecule has 1 aliphatic carbocycles. The molecule has 0 radical (unpaired) electrons. The van der Waals surface area contributed by atoms with Crippen molar-refractivity contribution in [3.63, 3.8) is 0 Å². The molecule has 0 unspecified atom stereocenters. The number of carbonyl (C=O) groups is 1. The number of H-pyrrole nitrogens is 1. The third kappa shape index (κ3) is 4.36. The van der Waals surface area contributed by atoms with Crippen LogP contribution in [0.1, 0.15) is 43.4 Å². The van der Waals surface area contributed by atoms with Crippen molar-refractivity contribution in [3.05, 3.63) is 35.0 Å². The summed E-state index contributed by atoms with van der Waals surface area (Å²) in [5.41, 5.74) is 7.18. The number of nitrogens with zero attached hydrogens (tertiary/aromatic N) is 3. The number of aryl methyl sites for hydroxylation is 2. The summed E-state index contributed by atoms with van der Waals surface area (Å²) in [6, 6.07) is 5.50. The minimum atomic E-state index is -1.11. The van der Waals surface area contributed by atoms with E-state index in [1.54, 1.807) is 0 Å². The summed E-state index contributed by atoms with van der Waals surface area (Å²) in [5.74, 6) is 0.106. The molecule has 0 atom stereocenters. The minimum absolute atomic E-state index is 0.0780. The number of benzene rings is 1. The number of aliphatic hydroxyl groups is 1. The molecule has 2 aliphatic rings. The van der Waals surface area contributed by atoms with E-state index in [9.17, 15) is 9.90 Å². The maximum absolute atomic E-state index is 13.2. The predicted molar refractivity (Wildman–Crippen MR) is 143 cm³/mol. The van der Waals surface area contributed by atoms with Gasteiger partial charge in [0, 0.05) is 50.6 Å². The lowest BCUT2D eigenvalue weighted by atomic mass is 9.85. The lowest BCUT2D eigenvalue weighted by Gasteiger charge is -2.20. The van der Waals surface area contributed by atoms with Gasteiger partial charge in [0.05, 0.1) is 11.1 Å². The van der Waals surface area contributed by atoms with Crippen molar-refractivity contribution in [2.75, 3.05) is 24.7 Å². The molecule has 1 aromatic carbocycles. The first-order chi connectivity index (χ1) is 16.6. The zero-order valence-electron chi connectivity index (χ0n) is 21.7. The lowest BCUT2D eigenvalue weighted by molar-refractivity contribution is -0.122. The van der Waals surface area contributed by atoms with Gasteiger partial charge in [-0.2, -0.15) is 5.10 Å². The first-order valence-electron chi connectivity index (χ1n) is 12.9. The number of rotatable bonds is 8. The van der Waals surface area contributed by atoms with E-state index in [0.29, 0.717) is 19.7 Å². The summed E-state index contributed by atoms with van der Waals surface area (Å²) in [5, 5.41) is 15.5. The van der Waals surface area contributed by atoms with Crippen LogP contribution in [0.25, 0.3) is 22.3 Å². The molecule has 0 saturated heterocycles. The number of amides is 1. The molecule has 1 amide bonds. The van der Waals surface area contributed by atoms with Crippen molar-refractivity contribution in [2.24, 2.45) is 0 Å². The van der Waals surface area contributed by atoms with Crippen LogP contribution in [0.4, 0.5) is 5.69 Å². The Hall–Kier alpha value is -2.42. The van der Waals surface area contributed by atoms with Crippen LogP contribution in [-0.4, -0.2) is 53.6 Å². The number of hydrogen-bond donors (Lipinski definition) is 2. The Labute approximate surface area is 208 Å². The molecule has 7 nitrogen and oxygen atoms in total. The molecule has 2 N–H and O–H groups in total. The van der Waals surface area contributed by atoms with Crippen LogP contribution in [0.15, 0.2) is 18.3 Å². The van der Waals surface area contributed by atoms with Gasteiger partial charge < -0.3 is 19.7 Å². The lowest BCUT2D eigenvalue weighted by Crippen LogP contribution is -2.37. The Bertz CT molecular complexity index is 1270. The fourth-order valence-corrected chi connectivity index (χ4v) is 6.16. The van der Waals surface area contributed by atoms with Crippen LogP contribution in [0.3, 0.4) is 0 Å². The van der Waals surface area contributed by atoms with Crippen molar-refractivity contribution >= 4 is 30.6 Å². The Morgan fingerprint density at radius 2 is 2.03 bits per heavy atom. The number of hydrogen-bond acceptors (Lipinski definition) is 4. The Kier molecular flexibility index (Phi) is 6.18. The molecule has 0 fully saturated rings. The first-order valence-corrected chi connectivity index (χ1v) is 16.6. The number of aromatic amines is 1. The van der Waals surface area contributed by atoms with E-state index in [1.165, 1.54) is 16.5 Å². The van der Waals surface area contributed by atoms with Gasteiger partial charge in [-0.3, -0.25) is 4.79 Å². The summed E-state index contributed by atoms with van der Waals surface area (Å²) < 4.78 is 7.89. The number of anilines is 1. The molecular weight excluding hydrogens is 456 g/mol. The summed E-state index contributed by atoms with van der Waals surface area (Å²) >= 11 is 0. The third-order valence-corrected chi connectivity index (χ3v) is 9.18. The quantitative estimate of drug-likeness (QED) is 0.347. The number of ether oxygens (including phenoxy) is 1. The summed E-state index contributed by atoms with van der Waals surface area (Å²) in [4.78, 5) is 18.7.